The minimum atomic E-state index is -0.144. The molecule has 2 aliphatic carbocycles. The van der Waals surface area contributed by atoms with Gasteiger partial charge in [-0.3, -0.25) is 0 Å². The molecule has 0 bridgehead atoms. The zero-order chi connectivity index (χ0) is 14.9. The van der Waals surface area contributed by atoms with Crippen LogP contribution in [0.25, 0.3) is 0 Å². The van der Waals surface area contributed by atoms with Crippen LogP contribution in [0.15, 0.2) is 24.3 Å². The van der Waals surface area contributed by atoms with Gasteiger partial charge >= 0.3 is 6.03 Å². The Morgan fingerprint density at radius 2 is 1.71 bits per heavy atom. The molecule has 114 valence electrons. The van der Waals surface area contributed by atoms with Crippen LogP contribution in [0.1, 0.15) is 31.2 Å². The molecule has 2 amide bonds. The lowest BCUT2D eigenvalue weighted by Gasteiger charge is -2.18. The Balaban J connectivity index is 1.48. The first-order chi connectivity index (χ1) is 10.1. The van der Waals surface area contributed by atoms with E-state index in [1.807, 2.05) is 24.3 Å². The Hall–Kier alpha value is -1.26. The lowest BCUT2D eigenvalue weighted by Crippen LogP contribution is -2.42. The molecule has 0 atom stereocenters. The van der Waals surface area contributed by atoms with Gasteiger partial charge in [0.15, 0.2) is 0 Å². The third kappa shape index (κ3) is 3.33. The Bertz CT molecular complexity index is 522. The van der Waals surface area contributed by atoms with E-state index in [2.05, 4.69) is 10.6 Å². The zero-order valence-corrected chi connectivity index (χ0v) is 12.7. The van der Waals surface area contributed by atoms with Crippen LogP contribution in [0.4, 0.5) is 4.79 Å². The number of carbonyl (C=O) groups excluding carboxylic acids is 1. The average Bonchev–Trinajstić information content (AvgIpc) is 3.40. The van der Waals surface area contributed by atoms with Gasteiger partial charge < -0.3 is 15.7 Å². The average molecular weight is 309 g/mol. The summed E-state index contributed by atoms with van der Waals surface area (Å²) in [6.07, 6.45) is 4.18. The van der Waals surface area contributed by atoms with Gasteiger partial charge in [0.1, 0.15) is 0 Å². The fourth-order valence-electron chi connectivity index (χ4n) is 2.67. The fraction of sp³-hybridized carbons (Fsp3) is 0.562. The molecule has 0 aromatic heterocycles. The first kappa shape index (κ1) is 14.7. The van der Waals surface area contributed by atoms with Gasteiger partial charge in [0.05, 0.1) is 6.61 Å². The molecule has 3 N–H and O–H groups in total. The monoisotopic (exact) mass is 308 g/mol. The third-order valence-corrected chi connectivity index (χ3v) is 5.07. The van der Waals surface area contributed by atoms with Gasteiger partial charge in [-0.2, -0.15) is 0 Å². The number of nitrogens with one attached hydrogen (secondary N) is 2. The first-order valence-corrected chi connectivity index (χ1v) is 7.84. The quantitative estimate of drug-likeness (QED) is 0.756. The molecule has 3 rings (SSSR count). The molecule has 0 unspecified atom stereocenters. The van der Waals surface area contributed by atoms with Crippen molar-refractivity contribution in [2.45, 2.75) is 31.1 Å². The van der Waals surface area contributed by atoms with Crippen LogP contribution in [0.2, 0.25) is 5.02 Å². The van der Waals surface area contributed by atoms with Crippen LogP contribution in [-0.4, -0.2) is 30.8 Å². The second-order valence-electron chi connectivity index (χ2n) is 6.48. The topological polar surface area (TPSA) is 61.4 Å². The fourth-order valence-corrected chi connectivity index (χ4v) is 2.80. The molecule has 0 aliphatic heterocycles. The highest BCUT2D eigenvalue weighted by molar-refractivity contribution is 6.30. The van der Waals surface area contributed by atoms with Crippen LogP contribution in [0, 0.1) is 5.41 Å². The molecule has 0 saturated heterocycles. The number of amides is 2. The number of halogens is 1. The molecule has 2 aliphatic rings. The van der Waals surface area contributed by atoms with Crippen molar-refractivity contribution in [2.75, 3.05) is 19.7 Å². The summed E-state index contributed by atoms with van der Waals surface area (Å²) in [4.78, 5) is 11.9. The van der Waals surface area contributed by atoms with E-state index in [-0.39, 0.29) is 23.5 Å². The van der Waals surface area contributed by atoms with Gasteiger partial charge in [-0.05, 0) is 43.4 Å². The summed E-state index contributed by atoms with van der Waals surface area (Å²) in [6.45, 7) is 1.36. The van der Waals surface area contributed by atoms with Crippen molar-refractivity contribution in [3.63, 3.8) is 0 Å². The summed E-state index contributed by atoms with van der Waals surface area (Å²) in [5.41, 5.74) is 1.27. The van der Waals surface area contributed by atoms with Crippen molar-refractivity contribution in [3.8, 4) is 0 Å². The summed E-state index contributed by atoms with van der Waals surface area (Å²) >= 11 is 5.91. The number of carbonyl (C=O) groups is 1. The molecule has 5 heteroatoms. The first-order valence-electron chi connectivity index (χ1n) is 7.46. The molecule has 21 heavy (non-hydrogen) atoms. The predicted molar refractivity (Wildman–Crippen MR) is 82.5 cm³/mol. The number of hydrogen-bond acceptors (Lipinski definition) is 2. The molecule has 0 heterocycles. The summed E-state index contributed by atoms with van der Waals surface area (Å²) in [7, 11) is 0. The highest BCUT2D eigenvalue weighted by Gasteiger charge is 2.45. The molecular formula is C16H21ClN2O2. The Morgan fingerprint density at radius 3 is 2.24 bits per heavy atom. The van der Waals surface area contributed by atoms with Gasteiger partial charge in [-0.25, -0.2) is 4.79 Å². The summed E-state index contributed by atoms with van der Waals surface area (Å²) < 4.78 is 0. The summed E-state index contributed by atoms with van der Waals surface area (Å²) in [5.74, 6) is 0. The maximum Gasteiger partial charge on any atom is 0.314 e. The highest BCUT2D eigenvalue weighted by atomic mass is 35.5. The molecule has 4 nitrogen and oxygen atoms in total. The van der Waals surface area contributed by atoms with E-state index >= 15 is 0 Å². The smallest absolute Gasteiger partial charge is 0.314 e. The van der Waals surface area contributed by atoms with E-state index in [0.29, 0.717) is 13.1 Å². The van der Waals surface area contributed by atoms with Gasteiger partial charge in [-0.15, -0.1) is 0 Å². The highest BCUT2D eigenvalue weighted by Crippen LogP contribution is 2.47. The number of hydrogen-bond donors (Lipinski definition) is 3. The molecule has 0 spiro atoms. The van der Waals surface area contributed by atoms with Crippen LogP contribution in [0.5, 0.6) is 0 Å². The number of urea groups is 1. The number of benzene rings is 1. The molecule has 1 aromatic carbocycles. The van der Waals surface area contributed by atoms with Gasteiger partial charge in [-0.1, -0.05) is 23.7 Å². The molecule has 2 fully saturated rings. The van der Waals surface area contributed by atoms with Crippen molar-refractivity contribution in [1.82, 2.24) is 10.6 Å². The van der Waals surface area contributed by atoms with E-state index in [1.54, 1.807) is 0 Å². The minimum absolute atomic E-state index is 0.0508. The van der Waals surface area contributed by atoms with E-state index < -0.39 is 0 Å². The summed E-state index contributed by atoms with van der Waals surface area (Å²) in [5, 5.41) is 15.8. The molecule has 1 aromatic rings. The van der Waals surface area contributed by atoms with Crippen LogP contribution >= 0.6 is 11.6 Å². The second-order valence-corrected chi connectivity index (χ2v) is 6.92. The Labute approximate surface area is 129 Å². The standard InChI is InChI=1S/C16H21ClN2O2/c17-13-3-1-12(2-4-13)16(7-8-16)10-19-14(21)18-9-15(11-20)5-6-15/h1-4,20H,5-11H2,(H2,18,19,21). The van der Waals surface area contributed by atoms with Crippen LogP contribution in [-0.2, 0) is 5.41 Å². The largest absolute Gasteiger partial charge is 0.396 e. The summed E-state index contributed by atoms with van der Waals surface area (Å²) in [6, 6.07) is 7.74. The predicted octanol–water partition coefficient (Wildman–Crippen LogP) is 2.44. The molecular weight excluding hydrogens is 288 g/mol. The van der Waals surface area contributed by atoms with E-state index in [4.69, 9.17) is 11.6 Å². The SMILES string of the molecule is O=C(NCC1(CO)CC1)NCC1(c2ccc(Cl)cc2)CC1. The van der Waals surface area contributed by atoms with Crippen molar-refractivity contribution < 1.29 is 9.90 Å². The van der Waals surface area contributed by atoms with Gasteiger partial charge in [0, 0.05) is 28.9 Å². The Morgan fingerprint density at radius 1 is 1.10 bits per heavy atom. The van der Waals surface area contributed by atoms with Gasteiger partial charge in [0.2, 0.25) is 0 Å². The van der Waals surface area contributed by atoms with Crippen molar-refractivity contribution in [2.24, 2.45) is 5.41 Å². The van der Waals surface area contributed by atoms with Gasteiger partial charge in [0.25, 0.3) is 0 Å². The van der Waals surface area contributed by atoms with E-state index in [0.717, 1.165) is 30.7 Å². The van der Waals surface area contributed by atoms with Crippen molar-refractivity contribution >= 4 is 17.6 Å². The number of aliphatic hydroxyl groups is 1. The molecule has 0 radical (unpaired) electrons. The van der Waals surface area contributed by atoms with Crippen molar-refractivity contribution in [1.29, 1.82) is 0 Å². The maximum atomic E-state index is 11.9. The lowest BCUT2D eigenvalue weighted by atomic mass is 9.96. The van der Waals surface area contributed by atoms with Crippen molar-refractivity contribution in [3.05, 3.63) is 34.9 Å². The maximum absolute atomic E-state index is 11.9. The van der Waals surface area contributed by atoms with Crippen LogP contribution < -0.4 is 10.6 Å². The van der Waals surface area contributed by atoms with Crippen LogP contribution in [0.3, 0.4) is 0 Å². The Kier molecular flexibility index (Phi) is 3.84. The zero-order valence-electron chi connectivity index (χ0n) is 12.0. The number of rotatable bonds is 6. The normalized spacial score (nSPS) is 20.7. The molecule has 2 saturated carbocycles. The lowest BCUT2D eigenvalue weighted by molar-refractivity contribution is 0.203. The van der Waals surface area contributed by atoms with E-state index in [1.165, 1.54) is 5.56 Å². The second kappa shape index (κ2) is 5.50. The van der Waals surface area contributed by atoms with E-state index in [9.17, 15) is 9.90 Å². The minimum Gasteiger partial charge on any atom is -0.396 e. The third-order valence-electron chi connectivity index (χ3n) is 4.81. The number of aliphatic hydroxyl groups excluding tert-OH is 1.